The van der Waals surface area contributed by atoms with Crippen molar-refractivity contribution in [2.24, 2.45) is 5.92 Å². The van der Waals surface area contributed by atoms with Crippen LogP contribution in [0.2, 0.25) is 0 Å². The van der Waals surface area contributed by atoms with Gasteiger partial charge in [0.1, 0.15) is 0 Å². The Bertz CT molecular complexity index is 728. The first-order valence-corrected chi connectivity index (χ1v) is 10.1. The molecular formula is C21H28N4O. The van der Waals surface area contributed by atoms with Crippen molar-refractivity contribution in [1.82, 2.24) is 20.1 Å². The Labute approximate surface area is 155 Å². The Morgan fingerprint density at radius 2 is 1.73 bits per heavy atom. The molecule has 0 radical (unpaired) electrons. The fourth-order valence-corrected chi connectivity index (χ4v) is 4.38. The van der Waals surface area contributed by atoms with E-state index in [9.17, 15) is 4.79 Å². The van der Waals surface area contributed by atoms with Crippen LogP contribution in [0.15, 0.2) is 30.6 Å². The second kappa shape index (κ2) is 8.02. The first-order valence-electron chi connectivity index (χ1n) is 10.1. The molecule has 5 heteroatoms. The quantitative estimate of drug-likeness (QED) is 0.875. The highest BCUT2D eigenvalue weighted by atomic mass is 16.1. The van der Waals surface area contributed by atoms with Crippen LogP contribution < -0.4 is 5.32 Å². The van der Waals surface area contributed by atoms with Gasteiger partial charge in [-0.05, 0) is 43.9 Å². The van der Waals surface area contributed by atoms with Gasteiger partial charge in [-0.2, -0.15) is 5.10 Å². The van der Waals surface area contributed by atoms with E-state index in [1.807, 2.05) is 24.5 Å². The van der Waals surface area contributed by atoms with Crippen LogP contribution in [0.5, 0.6) is 0 Å². The summed E-state index contributed by atoms with van der Waals surface area (Å²) >= 11 is 0. The summed E-state index contributed by atoms with van der Waals surface area (Å²) < 4.78 is 2.18. The van der Waals surface area contributed by atoms with Crippen LogP contribution in [-0.4, -0.2) is 20.7 Å². The number of nitrogens with one attached hydrogen (secondary N) is 1. The standard InChI is InChI=1S/C21H28N4O/c26-21(17-6-2-1-3-7-17)23-15-18-14-20(16-10-12-22-13-11-16)25(24-18)19-8-4-5-9-19/h10-14,17,19H,1-9,15H2,(H,23,26). The molecule has 26 heavy (non-hydrogen) atoms. The predicted molar refractivity (Wildman–Crippen MR) is 101 cm³/mol. The molecule has 2 fully saturated rings. The summed E-state index contributed by atoms with van der Waals surface area (Å²) in [5.41, 5.74) is 3.23. The van der Waals surface area contributed by atoms with Gasteiger partial charge in [-0.3, -0.25) is 14.5 Å². The van der Waals surface area contributed by atoms with Crippen LogP contribution in [0.1, 0.15) is 69.5 Å². The molecule has 2 saturated carbocycles. The molecular weight excluding hydrogens is 324 g/mol. The van der Waals surface area contributed by atoms with Crippen molar-refractivity contribution < 1.29 is 4.79 Å². The highest BCUT2D eigenvalue weighted by molar-refractivity contribution is 5.78. The van der Waals surface area contributed by atoms with E-state index in [0.29, 0.717) is 12.6 Å². The third-order valence-corrected chi connectivity index (χ3v) is 5.85. The van der Waals surface area contributed by atoms with Crippen LogP contribution in [0.4, 0.5) is 0 Å². The summed E-state index contributed by atoms with van der Waals surface area (Å²) in [5.74, 6) is 0.394. The number of amides is 1. The third kappa shape index (κ3) is 3.81. The molecule has 0 unspecified atom stereocenters. The highest BCUT2D eigenvalue weighted by Gasteiger charge is 2.23. The summed E-state index contributed by atoms with van der Waals surface area (Å²) in [4.78, 5) is 16.6. The lowest BCUT2D eigenvalue weighted by Gasteiger charge is -2.20. The molecule has 0 aromatic carbocycles. The van der Waals surface area contributed by atoms with Gasteiger partial charge in [-0.1, -0.05) is 32.1 Å². The van der Waals surface area contributed by atoms with Gasteiger partial charge in [-0.25, -0.2) is 0 Å². The number of carbonyl (C=O) groups is 1. The topological polar surface area (TPSA) is 59.8 Å². The van der Waals surface area contributed by atoms with E-state index in [2.05, 4.69) is 21.0 Å². The van der Waals surface area contributed by atoms with Gasteiger partial charge in [0, 0.05) is 23.9 Å². The zero-order valence-electron chi connectivity index (χ0n) is 15.4. The van der Waals surface area contributed by atoms with E-state index in [0.717, 1.165) is 29.8 Å². The Hall–Kier alpha value is -2.17. The minimum absolute atomic E-state index is 0.195. The van der Waals surface area contributed by atoms with Gasteiger partial charge < -0.3 is 5.32 Å². The zero-order valence-corrected chi connectivity index (χ0v) is 15.4. The number of pyridine rings is 1. The Kier molecular flexibility index (Phi) is 5.32. The lowest BCUT2D eigenvalue weighted by molar-refractivity contribution is -0.126. The van der Waals surface area contributed by atoms with Gasteiger partial charge in [0.15, 0.2) is 0 Å². The van der Waals surface area contributed by atoms with Crippen LogP contribution in [0.3, 0.4) is 0 Å². The van der Waals surface area contributed by atoms with E-state index in [4.69, 9.17) is 5.10 Å². The number of nitrogens with zero attached hydrogens (tertiary/aromatic N) is 3. The van der Waals surface area contributed by atoms with E-state index >= 15 is 0 Å². The maximum atomic E-state index is 12.4. The van der Waals surface area contributed by atoms with Crippen LogP contribution in [0.25, 0.3) is 11.3 Å². The Morgan fingerprint density at radius 1 is 1.04 bits per heavy atom. The first-order chi connectivity index (χ1) is 12.8. The van der Waals surface area contributed by atoms with Crippen molar-refractivity contribution in [3.8, 4) is 11.3 Å². The summed E-state index contributed by atoms with van der Waals surface area (Å²) in [7, 11) is 0. The maximum Gasteiger partial charge on any atom is 0.223 e. The van der Waals surface area contributed by atoms with E-state index in [1.54, 1.807) is 0 Å². The molecule has 4 rings (SSSR count). The van der Waals surface area contributed by atoms with Crippen LogP contribution in [0, 0.1) is 5.92 Å². The average Bonchev–Trinajstić information content (AvgIpc) is 3.37. The summed E-state index contributed by atoms with van der Waals surface area (Å²) in [6.45, 7) is 0.521. The van der Waals surface area contributed by atoms with Crippen molar-refractivity contribution in [1.29, 1.82) is 0 Å². The molecule has 1 amide bonds. The molecule has 138 valence electrons. The second-order valence-electron chi connectivity index (χ2n) is 7.69. The summed E-state index contributed by atoms with van der Waals surface area (Å²) in [5, 5.41) is 7.99. The second-order valence-corrected chi connectivity index (χ2v) is 7.69. The maximum absolute atomic E-state index is 12.4. The predicted octanol–water partition coefficient (Wildman–Crippen LogP) is 4.26. The average molecular weight is 352 g/mol. The van der Waals surface area contributed by atoms with E-state index < -0.39 is 0 Å². The van der Waals surface area contributed by atoms with E-state index in [-0.39, 0.29) is 11.8 Å². The monoisotopic (exact) mass is 352 g/mol. The molecule has 0 bridgehead atoms. The molecule has 2 heterocycles. The van der Waals surface area contributed by atoms with Crippen molar-refractivity contribution >= 4 is 5.91 Å². The lowest BCUT2D eigenvalue weighted by Crippen LogP contribution is -2.31. The highest BCUT2D eigenvalue weighted by Crippen LogP contribution is 2.33. The molecule has 5 nitrogen and oxygen atoms in total. The van der Waals surface area contributed by atoms with Crippen LogP contribution in [-0.2, 0) is 11.3 Å². The van der Waals surface area contributed by atoms with Gasteiger partial charge in [-0.15, -0.1) is 0 Å². The largest absolute Gasteiger partial charge is 0.350 e. The van der Waals surface area contributed by atoms with Gasteiger partial charge >= 0.3 is 0 Å². The normalized spacial score (nSPS) is 18.9. The smallest absolute Gasteiger partial charge is 0.223 e. The number of hydrogen-bond donors (Lipinski definition) is 1. The van der Waals surface area contributed by atoms with Gasteiger partial charge in [0.05, 0.1) is 24.0 Å². The molecule has 2 aliphatic rings. The fourth-order valence-electron chi connectivity index (χ4n) is 4.38. The molecule has 2 aromatic heterocycles. The zero-order chi connectivity index (χ0) is 17.8. The molecule has 0 spiro atoms. The Morgan fingerprint density at radius 3 is 2.46 bits per heavy atom. The minimum atomic E-state index is 0.195. The Balaban J connectivity index is 1.50. The van der Waals surface area contributed by atoms with Crippen molar-refractivity contribution in [2.75, 3.05) is 0 Å². The van der Waals surface area contributed by atoms with E-state index in [1.165, 1.54) is 44.9 Å². The molecule has 2 aliphatic carbocycles. The summed E-state index contributed by atoms with van der Waals surface area (Å²) in [6.07, 6.45) is 14.3. The minimum Gasteiger partial charge on any atom is -0.350 e. The number of hydrogen-bond acceptors (Lipinski definition) is 3. The first kappa shape index (κ1) is 17.3. The van der Waals surface area contributed by atoms with Gasteiger partial charge in [0.2, 0.25) is 5.91 Å². The number of rotatable bonds is 5. The number of aromatic nitrogens is 3. The molecule has 0 atom stereocenters. The lowest BCUT2D eigenvalue weighted by atomic mass is 9.89. The van der Waals surface area contributed by atoms with Crippen molar-refractivity contribution in [3.63, 3.8) is 0 Å². The molecule has 0 aliphatic heterocycles. The van der Waals surface area contributed by atoms with Crippen molar-refractivity contribution in [2.45, 2.75) is 70.4 Å². The van der Waals surface area contributed by atoms with Crippen LogP contribution >= 0.6 is 0 Å². The third-order valence-electron chi connectivity index (χ3n) is 5.85. The fraction of sp³-hybridized carbons (Fsp3) is 0.571. The summed E-state index contributed by atoms with van der Waals surface area (Å²) in [6, 6.07) is 6.68. The molecule has 2 aromatic rings. The molecule has 0 saturated heterocycles. The van der Waals surface area contributed by atoms with Gasteiger partial charge in [0.25, 0.3) is 0 Å². The van der Waals surface area contributed by atoms with Crippen molar-refractivity contribution in [3.05, 3.63) is 36.3 Å². The SMILES string of the molecule is O=C(NCc1cc(-c2ccncc2)n(C2CCCC2)n1)C1CCCCC1. The molecule has 1 N–H and O–H groups in total. The number of carbonyl (C=O) groups excluding carboxylic acids is 1.